The zero-order chi connectivity index (χ0) is 19.8. The van der Waals surface area contributed by atoms with Crippen molar-refractivity contribution in [1.29, 1.82) is 0 Å². The first kappa shape index (κ1) is 19.5. The third-order valence-corrected chi connectivity index (χ3v) is 6.38. The number of carbonyl (C=O) groups excluding carboxylic acids is 2. The molecule has 1 N–H and O–H groups in total. The number of carbonyl (C=O) groups is 2. The summed E-state index contributed by atoms with van der Waals surface area (Å²) in [4.78, 5) is 26.1. The van der Waals surface area contributed by atoms with E-state index in [0.29, 0.717) is 22.0 Å². The van der Waals surface area contributed by atoms with Crippen molar-refractivity contribution in [3.63, 3.8) is 0 Å². The molecule has 27 heavy (non-hydrogen) atoms. The van der Waals surface area contributed by atoms with Gasteiger partial charge in [0, 0.05) is 10.4 Å². The molecule has 2 aromatic rings. The average Bonchev–Trinajstić information content (AvgIpc) is 2.97. The van der Waals surface area contributed by atoms with Gasteiger partial charge in [-0.15, -0.1) is 11.3 Å². The van der Waals surface area contributed by atoms with Crippen molar-refractivity contribution in [3.8, 4) is 0 Å². The number of fused-ring (bicyclic) bond motifs is 1. The first-order valence-electron chi connectivity index (χ1n) is 9.00. The Kier molecular flexibility index (Phi) is 5.38. The molecule has 1 amide bonds. The number of thiophene rings is 1. The molecule has 1 aromatic carbocycles. The lowest BCUT2D eigenvalue weighted by molar-refractivity contribution is 0.0600. The lowest BCUT2D eigenvalue weighted by atomic mass is 9.72. The maximum atomic E-state index is 13.1. The number of halogens is 1. The fourth-order valence-corrected chi connectivity index (χ4v) is 4.82. The quantitative estimate of drug-likeness (QED) is 0.745. The molecule has 0 saturated heterocycles. The highest BCUT2D eigenvalue weighted by atomic mass is 32.1. The van der Waals surface area contributed by atoms with Crippen LogP contribution in [-0.4, -0.2) is 19.0 Å². The van der Waals surface area contributed by atoms with Crippen molar-refractivity contribution in [2.45, 2.75) is 40.0 Å². The Balaban J connectivity index is 1.93. The Morgan fingerprint density at radius 1 is 1.22 bits per heavy atom. The van der Waals surface area contributed by atoms with Crippen LogP contribution in [0.15, 0.2) is 24.3 Å². The molecule has 1 heterocycles. The van der Waals surface area contributed by atoms with Gasteiger partial charge >= 0.3 is 5.97 Å². The monoisotopic (exact) mass is 389 g/mol. The molecule has 0 saturated carbocycles. The van der Waals surface area contributed by atoms with E-state index in [1.165, 1.54) is 42.7 Å². The van der Waals surface area contributed by atoms with Crippen molar-refractivity contribution < 1.29 is 18.7 Å². The van der Waals surface area contributed by atoms with Gasteiger partial charge in [-0.2, -0.15) is 0 Å². The van der Waals surface area contributed by atoms with Crippen LogP contribution in [-0.2, 0) is 17.6 Å². The van der Waals surface area contributed by atoms with E-state index in [2.05, 4.69) is 26.1 Å². The summed E-state index contributed by atoms with van der Waals surface area (Å²) in [6, 6.07) is 5.32. The second-order valence-corrected chi connectivity index (χ2v) is 9.07. The van der Waals surface area contributed by atoms with Gasteiger partial charge in [0.05, 0.1) is 12.7 Å². The van der Waals surface area contributed by atoms with Gasteiger partial charge in [0.2, 0.25) is 0 Å². The number of hydrogen-bond donors (Lipinski definition) is 1. The molecule has 1 aliphatic carbocycles. The Bertz CT molecular complexity index is 865. The molecule has 6 heteroatoms. The molecule has 144 valence electrons. The second-order valence-electron chi connectivity index (χ2n) is 7.97. The largest absolute Gasteiger partial charge is 0.465 e. The zero-order valence-corrected chi connectivity index (χ0v) is 16.8. The summed E-state index contributed by atoms with van der Waals surface area (Å²) in [7, 11) is 1.35. The minimum Gasteiger partial charge on any atom is -0.465 e. The first-order chi connectivity index (χ1) is 12.7. The highest BCUT2D eigenvalue weighted by Gasteiger charge is 2.34. The predicted octanol–water partition coefficient (Wildman–Crippen LogP) is 5.08. The maximum Gasteiger partial charge on any atom is 0.341 e. The summed E-state index contributed by atoms with van der Waals surface area (Å²) in [5.74, 6) is -0.682. The Hall–Kier alpha value is -2.21. The van der Waals surface area contributed by atoms with Crippen molar-refractivity contribution in [2.24, 2.45) is 11.3 Å². The van der Waals surface area contributed by atoms with E-state index in [9.17, 15) is 14.0 Å². The molecule has 0 fully saturated rings. The predicted molar refractivity (Wildman–Crippen MR) is 105 cm³/mol. The Morgan fingerprint density at radius 3 is 2.48 bits per heavy atom. The standard InChI is InChI=1S/C21H24FNO3S/c1-21(2,3)13-7-10-15-16(11-13)27-19(17(15)20(25)26-4)23-18(24)12-5-8-14(22)9-6-12/h5-6,8-9,13H,7,10-11H2,1-4H3,(H,23,24)/t13-/m1/s1. The van der Waals surface area contributed by atoms with Crippen LogP contribution in [0.3, 0.4) is 0 Å². The number of amides is 1. The van der Waals surface area contributed by atoms with E-state index >= 15 is 0 Å². The van der Waals surface area contributed by atoms with E-state index in [1.807, 2.05) is 0 Å². The normalized spacial score (nSPS) is 16.6. The molecule has 4 nitrogen and oxygen atoms in total. The second kappa shape index (κ2) is 7.43. The Labute approximate surface area is 162 Å². The summed E-state index contributed by atoms with van der Waals surface area (Å²) in [5.41, 5.74) is 1.97. The minimum absolute atomic E-state index is 0.185. The molecule has 0 radical (unpaired) electrons. The summed E-state index contributed by atoms with van der Waals surface area (Å²) in [5, 5.41) is 3.34. The third-order valence-electron chi connectivity index (χ3n) is 5.21. The molecule has 0 bridgehead atoms. The number of rotatable bonds is 3. The van der Waals surface area contributed by atoms with Crippen LogP contribution in [0.25, 0.3) is 0 Å². The molecule has 0 aliphatic heterocycles. The van der Waals surface area contributed by atoms with Gasteiger partial charge in [-0.3, -0.25) is 4.79 Å². The lowest BCUT2D eigenvalue weighted by Gasteiger charge is -2.33. The van der Waals surface area contributed by atoms with Gasteiger partial charge in [-0.25, -0.2) is 9.18 Å². The summed E-state index contributed by atoms with van der Waals surface area (Å²) >= 11 is 1.44. The highest BCUT2D eigenvalue weighted by Crippen LogP contribution is 2.44. The van der Waals surface area contributed by atoms with E-state index in [4.69, 9.17) is 4.74 Å². The number of hydrogen-bond acceptors (Lipinski definition) is 4. The van der Waals surface area contributed by atoms with Crippen LogP contribution < -0.4 is 5.32 Å². The van der Waals surface area contributed by atoms with Crippen LogP contribution in [0.2, 0.25) is 0 Å². The highest BCUT2D eigenvalue weighted by molar-refractivity contribution is 7.17. The van der Waals surface area contributed by atoms with Crippen LogP contribution in [0.5, 0.6) is 0 Å². The fraction of sp³-hybridized carbons (Fsp3) is 0.429. The first-order valence-corrected chi connectivity index (χ1v) is 9.82. The molecular formula is C21H24FNO3S. The maximum absolute atomic E-state index is 13.1. The number of esters is 1. The molecular weight excluding hydrogens is 365 g/mol. The number of anilines is 1. The van der Waals surface area contributed by atoms with Gasteiger partial charge < -0.3 is 10.1 Å². The SMILES string of the molecule is COC(=O)c1c(NC(=O)c2ccc(F)cc2)sc2c1CC[C@@H](C(C)(C)C)C2. The molecule has 1 aromatic heterocycles. The van der Waals surface area contributed by atoms with Crippen LogP contribution >= 0.6 is 11.3 Å². The van der Waals surface area contributed by atoms with Gasteiger partial charge in [-0.05, 0) is 60.4 Å². The van der Waals surface area contributed by atoms with Crippen LogP contribution in [0, 0.1) is 17.2 Å². The van der Waals surface area contributed by atoms with Gasteiger partial charge in [0.25, 0.3) is 5.91 Å². The van der Waals surface area contributed by atoms with Crippen molar-refractivity contribution in [2.75, 3.05) is 12.4 Å². The Morgan fingerprint density at radius 2 is 1.89 bits per heavy atom. The zero-order valence-electron chi connectivity index (χ0n) is 16.0. The lowest BCUT2D eigenvalue weighted by Crippen LogP contribution is -2.26. The topological polar surface area (TPSA) is 55.4 Å². The van der Waals surface area contributed by atoms with E-state index in [0.717, 1.165) is 29.7 Å². The van der Waals surface area contributed by atoms with E-state index < -0.39 is 11.8 Å². The fourth-order valence-electron chi connectivity index (χ4n) is 3.51. The summed E-state index contributed by atoms with van der Waals surface area (Å²) < 4.78 is 18.1. The number of ether oxygens (including phenoxy) is 1. The number of benzene rings is 1. The minimum atomic E-state index is -0.434. The molecule has 1 atom stereocenters. The van der Waals surface area contributed by atoms with Crippen molar-refractivity contribution >= 4 is 28.2 Å². The van der Waals surface area contributed by atoms with E-state index in [1.54, 1.807) is 0 Å². The van der Waals surface area contributed by atoms with Crippen molar-refractivity contribution in [1.82, 2.24) is 0 Å². The molecule has 1 aliphatic rings. The van der Waals surface area contributed by atoms with Gasteiger partial charge in [-0.1, -0.05) is 20.8 Å². The van der Waals surface area contributed by atoms with Crippen LogP contribution in [0.1, 0.15) is 58.3 Å². The summed E-state index contributed by atoms with van der Waals surface area (Å²) in [6.45, 7) is 6.69. The van der Waals surface area contributed by atoms with E-state index in [-0.39, 0.29) is 11.3 Å². The van der Waals surface area contributed by atoms with Gasteiger partial charge in [0.1, 0.15) is 10.8 Å². The average molecular weight is 389 g/mol. The molecule has 3 rings (SSSR count). The van der Waals surface area contributed by atoms with Gasteiger partial charge in [0.15, 0.2) is 0 Å². The number of nitrogens with one attached hydrogen (secondary N) is 1. The third kappa shape index (κ3) is 4.05. The smallest absolute Gasteiger partial charge is 0.341 e. The van der Waals surface area contributed by atoms with Crippen molar-refractivity contribution in [3.05, 3.63) is 51.7 Å². The molecule has 0 unspecified atom stereocenters. The number of methoxy groups -OCH3 is 1. The summed E-state index contributed by atoms with van der Waals surface area (Å²) in [6.07, 6.45) is 2.69. The van der Waals surface area contributed by atoms with Crippen LogP contribution in [0.4, 0.5) is 9.39 Å². The molecule has 0 spiro atoms.